The van der Waals surface area contributed by atoms with E-state index in [2.05, 4.69) is 6.92 Å². The van der Waals surface area contributed by atoms with Crippen molar-refractivity contribution in [3.05, 3.63) is 71.3 Å². The third-order valence-electron chi connectivity index (χ3n) is 5.05. The summed E-state index contributed by atoms with van der Waals surface area (Å²) in [6.07, 6.45) is 4.37. The van der Waals surface area contributed by atoms with Gasteiger partial charge in [-0.25, -0.2) is 4.68 Å². The zero-order valence-electron chi connectivity index (χ0n) is 18.5. The molecule has 1 aliphatic rings. The molecule has 174 valence electrons. The number of rotatable bonds is 9. The Bertz CT molecular complexity index is 1250. The maximum absolute atomic E-state index is 12.9. The molecule has 0 bridgehead atoms. The van der Waals surface area contributed by atoms with Gasteiger partial charge in [0.25, 0.3) is 5.91 Å². The number of hydrogen-bond acceptors (Lipinski definition) is 6. The Morgan fingerprint density at radius 2 is 2.00 bits per heavy atom. The second kappa shape index (κ2) is 10.7. The fraction of sp³-hybridized carbons (Fsp3) is 0.200. The molecule has 1 aromatic heterocycles. The summed E-state index contributed by atoms with van der Waals surface area (Å²) in [5.74, 6) is -0.524. The van der Waals surface area contributed by atoms with Gasteiger partial charge in [0.05, 0.1) is 23.6 Å². The summed E-state index contributed by atoms with van der Waals surface area (Å²) in [6.45, 7) is 2.72. The normalized spacial score (nSPS) is 14.7. The number of para-hydroxylation sites is 1. The van der Waals surface area contributed by atoms with Gasteiger partial charge in [0, 0.05) is 23.9 Å². The van der Waals surface area contributed by atoms with E-state index in [9.17, 15) is 9.59 Å². The van der Waals surface area contributed by atoms with E-state index in [-0.39, 0.29) is 18.9 Å². The fourth-order valence-electron chi connectivity index (χ4n) is 3.42. The molecule has 0 saturated carbocycles. The lowest BCUT2D eigenvalue weighted by Gasteiger charge is -2.12. The largest absolute Gasteiger partial charge is 0.494 e. The lowest BCUT2D eigenvalue weighted by molar-refractivity contribution is -0.137. The number of carboxylic acids is 1. The van der Waals surface area contributed by atoms with Gasteiger partial charge in [-0.3, -0.25) is 14.5 Å². The molecule has 4 rings (SSSR count). The molecule has 1 saturated heterocycles. The highest BCUT2D eigenvalue weighted by molar-refractivity contribution is 8.26. The highest BCUT2D eigenvalue weighted by Gasteiger charge is 2.32. The zero-order chi connectivity index (χ0) is 24.1. The average Bonchev–Trinajstić information content (AvgIpc) is 3.38. The molecule has 34 heavy (non-hydrogen) atoms. The van der Waals surface area contributed by atoms with Crippen LogP contribution in [0.3, 0.4) is 0 Å². The first kappa shape index (κ1) is 23.7. The van der Waals surface area contributed by atoms with Crippen molar-refractivity contribution in [3.8, 4) is 22.7 Å². The van der Waals surface area contributed by atoms with Gasteiger partial charge in [-0.05, 0) is 36.8 Å². The molecule has 2 aromatic carbocycles. The minimum atomic E-state index is -0.977. The SMILES string of the molecule is CCCOc1cccc(-c2nn(-c3ccccc3)cc2C=C2SC(=S)N(CCC(=O)O)C2=O)c1. The molecule has 0 radical (unpaired) electrons. The summed E-state index contributed by atoms with van der Waals surface area (Å²) in [4.78, 5) is 25.7. The Kier molecular flexibility index (Phi) is 7.44. The van der Waals surface area contributed by atoms with Crippen LogP contribution in [0.4, 0.5) is 0 Å². The average molecular weight is 494 g/mol. The maximum Gasteiger partial charge on any atom is 0.305 e. The molecular formula is C25H23N3O4S2. The van der Waals surface area contributed by atoms with Crippen LogP contribution >= 0.6 is 24.0 Å². The van der Waals surface area contributed by atoms with Crippen LogP contribution < -0.4 is 4.74 Å². The number of carbonyl (C=O) groups is 2. The Morgan fingerprint density at radius 3 is 2.74 bits per heavy atom. The monoisotopic (exact) mass is 493 g/mol. The van der Waals surface area contributed by atoms with E-state index in [0.29, 0.717) is 21.5 Å². The van der Waals surface area contributed by atoms with E-state index >= 15 is 0 Å². The quantitative estimate of drug-likeness (QED) is 0.332. The van der Waals surface area contributed by atoms with Crippen molar-refractivity contribution in [1.82, 2.24) is 14.7 Å². The number of aliphatic carboxylic acids is 1. The predicted molar refractivity (Wildman–Crippen MR) is 137 cm³/mol. The minimum absolute atomic E-state index is 0.0459. The molecule has 0 atom stereocenters. The standard InChI is InChI=1S/C25H23N3O4S2/c1-2-13-32-20-10-6-7-17(14-20)23-18(16-28(26-23)19-8-4-3-5-9-19)15-21-24(31)27(25(33)34-21)12-11-22(29)30/h3-10,14-16H,2,11-13H2,1H3,(H,29,30). The van der Waals surface area contributed by atoms with Crippen LogP contribution in [0, 0.1) is 0 Å². The fourth-order valence-corrected chi connectivity index (χ4v) is 4.72. The Hall–Kier alpha value is -3.43. The summed E-state index contributed by atoms with van der Waals surface area (Å²) in [5.41, 5.74) is 3.18. The van der Waals surface area contributed by atoms with Gasteiger partial charge in [-0.1, -0.05) is 61.2 Å². The molecule has 0 unspecified atom stereocenters. The zero-order valence-corrected chi connectivity index (χ0v) is 20.1. The number of carboxylic acid groups (broad SMARTS) is 1. The van der Waals surface area contributed by atoms with Gasteiger partial charge < -0.3 is 9.84 Å². The molecular weight excluding hydrogens is 470 g/mol. The summed E-state index contributed by atoms with van der Waals surface area (Å²) in [7, 11) is 0. The molecule has 0 spiro atoms. The van der Waals surface area contributed by atoms with Crippen molar-refractivity contribution in [2.24, 2.45) is 0 Å². The van der Waals surface area contributed by atoms with E-state index in [1.54, 1.807) is 10.8 Å². The number of ether oxygens (including phenoxy) is 1. The summed E-state index contributed by atoms with van der Waals surface area (Å²) in [6, 6.07) is 17.4. The first-order valence-electron chi connectivity index (χ1n) is 10.8. The van der Waals surface area contributed by atoms with Gasteiger partial charge >= 0.3 is 5.97 Å². The topological polar surface area (TPSA) is 84.7 Å². The molecule has 1 fully saturated rings. The molecule has 3 aromatic rings. The Labute approximate surface area is 207 Å². The lowest BCUT2D eigenvalue weighted by atomic mass is 10.1. The molecule has 9 heteroatoms. The number of benzene rings is 2. The first-order valence-corrected chi connectivity index (χ1v) is 12.0. The molecule has 0 aliphatic carbocycles. The maximum atomic E-state index is 12.9. The van der Waals surface area contributed by atoms with E-state index in [0.717, 1.165) is 29.0 Å². The number of carbonyl (C=O) groups excluding carboxylic acids is 1. The summed E-state index contributed by atoms with van der Waals surface area (Å²) in [5, 5.41) is 13.8. The van der Waals surface area contributed by atoms with Crippen molar-refractivity contribution in [2.75, 3.05) is 13.2 Å². The summed E-state index contributed by atoms with van der Waals surface area (Å²) >= 11 is 6.49. The Balaban J connectivity index is 1.73. The minimum Gasteiger partial charge on any atom is -0.494 e. The molecule has 2 heterocycles. The number of nitrogens with zero attached hydrogens (tertiary/aromatic N) is 3. The number of thiocarbonyl (C=S) groups is 1. The van der Waals surface area contributed by atoms with Crippen LogP contribution in [0.15, 0.2) is 65.7 Å². The summed E-state index contributed by atoms with van der Waals surface area (Å²) < 4.78 is 7.91. The lowest BCUT2D eigenvalue weighted by Crippen LogP contribution is -2.30. The number of thioether (sulfide) groups is 1. The predicted octanol–water partition coefficient (Wildman–Crippen LogP) is 5.00. The van der Waals surface area contributed by atoms with Gasteiger partial charge in [0.15, 0.2) is 0 Å². The second-order valence-corrected chi connectivity index (χ2v) is 9.24. The van der Waals surface area contributed by atoms with E-state index in [1.165, 1.54) is 16.7 Å². The highest BCUT2D eigenvalue weighted by atomic mass is 32.2. The molecule has 1 N–H and O–H groups in total. The van der Waals surface area contributed by atoms with Crippen molar-refractivity contribution in [2.45, 2.75) is 19.8 Å². The van der Waals surface area contributed by atoms with Gasteiger partial charge in [0.1, 0.15) is 15.8 Å². The van der Waals surface area contributed by atoms with Crippen molar-refractivity contribution in [1.29, 1.82) is 0 Å². The highest BCUT2D eigenvalue weighted by Crippen LogP contribution is 2.35. The van der Waals surface area contributed by atoms with Crippen molar-refractivity contribution >= 4 is 46.3 Å². The van der Waals surface area contributed by atoms with Crippen molar-refractivity contribution in [3.63, 3.8) is 0 Å². The van der Waals surface area contributed by atoms with Crippen LogP contribution in [-0.2, 0) is 9.59 Å². The van der Waals surface area contributed by atoms with Crippen LogP contribution in [0.2, 0.25) is 0 Å². The molecule has 1 aliphatic heterocycles. The van der Waals surface area contributed by atoms with Gasteiger partial charge in [-0.15, -0.1) is 0 Å². The van der Waals surface area contributed by atoms with Gasteiger partial charge in [-0.2, -0.15) is 5.10 Å². The number of hydrogen-bond donors (Lipinski definition) is 1. The van der Waals surface area contributed by atoms with E-state index < -0.39 is 5.97 Å². The van der Waals surface area contributed by atoms with Crippen LogP contribution in [-0.4, -0.2) is 49.1 Å². The van der Waals surface area contributed by atoms with Crippen LogP contribution in [0.5, 0.6) is 5.75 Å². The smallest absolute Gasteiger partial charge is 0.305 e. The van der Waals surface area contributed by atoms with E-state index in [1.807, 2.05) is 60.8 Å². The second-order valence-electron chi connectivity index (χ2n) is 7.57. The van der Waals surface area contributed by atoms with Crippen molar-refractivity contribution < 1.29 is 19.4 Å². The number of aromatic nitrogens is 2. The molecule has 7 nitrogen and oxygen atoms in total. The van der Waals surface area contributed by atoms with E-state index in [4.69, 9.17) is 27.2 Å². The van der Waals surface area contributed by atoms with Gasteiger partial charge in [0.2, 0.25) is 0 Å². The number of amides is 1. The van der Waals surface area contributed by atoms with Crippen LogP contribution in [0.25, 0.3) is 23.0 Å². The molecule has 1 amide bonds. The Morgan fingerprint density at radius 1 is 1.21 bits per heavy atom. The third-order valence-corrected chi connectivity index (χ3v) is 6.43. The third kappa shape index (κ3) is 5.37. The first-order chi connectivity index (χ1) is 16.5. The van der Waals surface area contributed by atoms with Crippen LogP contribution in [0.1, 0.15) is 25.3 Å².